The van der Waals surface area contributed by atoms with Crippen molar-refractivity contribution in [2.75, 3.05) is 7.05 Å². The summed E-state index contributed by atoms with van der Waals surface area (Å²) in [4.78, 5) is 31.5. The SMILES string of the molecule is C/N=C\C(=O)/C(=C/c1nccn1CCC(c1ccc(F)cc1)c1ccc(F)cc1)OC(C)=O. The Kier molecular flexibility index (Phi) is 7.96. The van der Waals surface area contributed by atoms with E-state index in [0.29, 0.717) is 18.8 Å². The molecule has 0 spiro atoms. The van der Waals surface area contributed by atoms with Crippen LogP contribution < -0.4 is 0 Å². The number of rotatable bonds is 9. The number of aromatic nitrogens is 2. The van der Waals surface area contributed by atoms with E-state index in [4.69, 9.17) is 4.74 Å². The standard InChI is InChI=1S/C25H23F2N3O3/c1-17(31)33-24(23(32)16-28-2)15-25-29-12-14-30(25)13-11-22(18-3-7-20(26)8-4-18)19-5-9-21(27)10-6-19/h3-10,12,14-16,22H,11,13H2,1-2H3/b24-15-,28-16-. The number of carbonyl (C=O) groups is 2. The summed E-state index contributed by atoms with van der Waals surface area (Å²) in [6.45, 7) is 1.68. The molecule has 0 atom stereocenters. The Hall–Kier alpha value is -3.94. The molecule has 6 nitrogen and oxygen atoms in total. The highest BCUT2D eigenvalue weighted by Crippen LogP contribution is 2.29. The van der Waals surface area contributed by atoms with Crippen molar-refractivity contribution in [3.05, 3.63) is 95.3 Å². The molecule has 0 aliphatic heterocycles. The van der Waals surface area contributed by atoms with Gasteiger partial charge in [0.25, 0.3) is 0 Å². The predicted molar refractivity (Wildman–Crippen MR) is 121 cm³/mol. The molecule has 0 bridgehead atoms. The van der Waals surface area contributed by atoms with E-state index in [2.05, 4.69) is 9.98 Å². The lowest BCUT2D eigenvalue weighted by molar-refractivity contribution is -0.139. The number of aliphatic imine (C=N–C) groups is 1. The number of carbonyl (C=O) groups excluding carboxylic acids is 2. The molecule has 0 aliphatic carbocycles. The van der Waals surface area contributed by atoms with Gasteiger partial charge in [-0.15, -0.1) is 0 Å². The smallest absolute Gasteiger partial charge is 0.308 e. The summed E-state index contributed by atoms with van der Waals surface area (Å²) in [6.07, 6.45) is 6.33. The maximum atomic E-state index is 13.5. The zero-order valence-electron chi connectivity index (χ0n) is 18.2. The van der Waals surface area contributed by atoms with Gasteiger partial charge in [-0.25, -0.2) is 13.8 Å². The van der Waals surface area contributed by atoms with Crippen molar-refractivity contribution in [3.8, 4) is 0 Å². The van der Waals surface area contributed by atoms with E-state index in [9.17, 15) is 18.4 Å². The van der Waals surface area contributed by atoms with E-state index in [0.717, 1.165) is 17.3 Å². The van der Waals surface area contributed by atoms with Crippen molar-refractivity contribution < 1.29 is 23.1 Å². The van der Waals surface area contributed by atoms with E-state index in [-0.39, 0.29) is 23.3 Å². The third kappa shape index (κ3) is 6.52. The minimum atomic E-state index is -0.634. The van der Waals surface area contributed by atoms with Gasteiger partial charge < -0.3 is 9.30 Å². The summed E-state index contributed by atoms with van der Waals surface area (Å²) in [7, 11) is 1.44. The topological polar surface area (TPSA) is 73.6 Å². The number of benzene rings is 2. The molecule has 0 saturated heterocycles. The molecule has 0 fully saturated rings. The maximum absolute atomic E-state index is 13.5. The first-order chi connectivity index (χ1) is 15.9. The van der Waals surface area contributed by atoms with E-state index in [1.54, 1.807) is 41.2 Å². The molecule has 0 saturated carbocycles. The maximum Gasteiger partial charge on any atom is 0.308 e. The van der Waals surface area contributed by atoms with Crippen LogP contribution in [0.4, 0.5) is 8.78 Å². The zero-order valence-corrected chi connectivity index (χ0v) is 18.2. The average molecular weight is 451 g/mol. The highest BCUT2D eigenvalue weighted by Gasteiger charge is 2.17. The Labute approximate surface area is 190 Å². The first kappa shape index (κ1) is 23.7. The van der Waals surface area contributed by atoms with Crippen LogP contribution in [-0.4, -0.2) is 34.6 Å². The summed E-state index contributed by atoms with van der Waals surface area (Å²) in [5, 5.41) is 0. The fourth-order valence-electron chi connectivity index (χ4n) is 3.44. The Morgan fingerprint density at radius 1 is 1.06 bits per heavy atom. The molecule has 0 aliphatic rings. The fraction of sp³-hybridized carbons (Fsp3) is 0.200. The first-order valence-electron chi connectivity index (χ1n) is 10.3. The summed E-state index contributed by atoms with van der Waals surface area (Å²) in [6, 6.07) is 12.4. The van der Waals surface area contributed by atoms with Crippen LogP contribution >= 0.6 is 0 Å². The monoisotopic (exact) mass is 451 g/mol. The van der Waals surface area contributed by atoms with Crippen LogP contribution in [0, 0.1) is 11.6 Å². The van der Waals surface area contributed by atoms with Gasteiger partial charge in [-0.3, -0.25) is 14.6 Å². The number of nitrogens with zero attached hydrogens (tertiary/aromatic N) is 3. The number of hydrogen-bond donors (Lipinski definition) is 0. The molecule has 0 radical (unpaired) electrons. The van der Waals surface area contributed by atoms with Crippen LogP contribution in [0.5, 0.6) is 0 Å². The van der Waals surface area contributed by atoms with Gasteiger partial charge in [0.1, 0.15) is 17.5 Å². The van der Waals surface area contributed by atoms with Crippen LogP contribution in [0.15, 0.2) is 71.7 Å². The van der Waals surface area contributed by atoms with E-state index in [1.807, 2.05) is 0 Å². The first-order valence-corrected chi connectivity index (χ1v) is 10.3. The molecule has 3 rings (SSSR count). The number of esters is 1. The van der Waals surface area contributed by atoms with Gasteiger partial charge in [0.15, 0.2) is 5.76 Å². The van der Waals surface area contributed by atoms with Crippen molar-refractivity contribution >= 4 is 24.0 Å². The summed E-state index contributed by atoms with van der Waals surface area (Å²) >= 11 is 0. The largest absolute Gasteiger partial charge is 0.422 e. The third-order valence-electron chi connectivity index (χ3n) is 4.95. The quantitative estimate of drug-likeness (QED) is 0.207. The normalized spacial score (nSPS) is 11.8. The highest BCUT2D eigenvalue weighted by atomic mass is 19.1. The van der Waals surface area contributed by atoms with Crippen molar-refractivity contribution in [2.45, 2.75) is 25.8 Å². The van der Waals surface area contributed by atoms with Crippen molar-refractivity contribution in [1.82, 2.24) is 9.55 Å². The highest BCUT2D eigenvalue weighted by molar-refractivity contribution is 6.35. The molecule has 8 heteroatoms. The Balaban J connectivity index is 1.88. The lowest BCUT2D eigenvalue weighted by atomic mass is 9.88. The second-order valence-electron chi connectivity index (χ2n) is 7.28. The Morgan fingerprint density at radius 2 is 1.64 bits per heavy atom. The second kappa shape index (κ2) is 11.1. The Morgan fingerprint density at radius 3 is 2.15 bits per heavy atom. The number of aryl methyl sites for hydroxylation is 1. The fourth-order valence-corrected chi connectivity index (χ4v) is 3.44. The molecule has 3 aromatic rings. The molecule has 0 amide bonds. The molecule has 1 aromatic heterocycles. The van der Waals surface area contributed by atoms with Crippen molar-refractivity contribution in [2.24, 2.45) is 4.99 Å². The van der Waals surface area contributed by atoms with Crippen LogP contribution in [0.25, 0.3) is 6.08 Å². The van der Waals surface area contributed by atoms with Gasteiger partial charge in [-0.1, -0.05) is 24.3 Å². The van der Waals surface area contributed by atoms with Crippen LogP contribution in [0.3, 0.4) is 0 Å². The van der Waals surface area contributed by atoms with Gasteiger partial charge in [0, 0.05) is 44.9 Å². The Bertz CT molecular complexity index is 1120. The van der Waals surface area contributed by atoms with E-state index >= 15 is 0 Å². The number of hydrogen-bond acceptors (Lipinski definition) is 5. The number of ether oxygens (including phenoxy) is 1. The van der Waals surface area contributed by atoms with Crippen LogP contribution in [0.2, 0.25) is 0 Å². The van der Waals surface area contributed by atoms with Gasteiger partial charge in [0.05, 0.1) is 6.21 Å². The average Bonchev–Trinajstić information content (AvgIpc) is 3.22. The van der Waals surface area contributed by atoms with E-state index in [1.165, 1.54) is 44.3 Å². The minimum absolute atomic E-state index is 0.132. The van der Waals surface area contributed by atoms with Crippen molar-refractivity contribution in [3.63, 3.8) is 0 Å². The van der Waals surface area contributed by atoms with Crippen LogP contribution in [0.1, 0.15) is 36.2 Å². The molecule has 1 heterocycles. The van der Waals surface area contributed by atoms with Gasteiger partial charge in [-0.2, -0.15) is 0 Å². The third-order valence-corrected chi connectivity index (χ3v) is 4.95. The van der Waals surface area contributed by atoms with Crippen LogP contribution in [-0.2, 0) is 20.9 Å². The van der Waals surface area contributed by atoms with Gasteiger partial charge >= 0.3 is 5.97 Å². The number of Topliss-reactive ketones (excluding diaryl/α,β-unsaturated/α-hetero) is 1. The molecule has 170 valence electrons. The molecule has 0 unspecified atom stereocenters. The predicted octanol–water partition coefficient (Wildman–Crippen LogP) is 4.56. The molecular weight excluding hydrogens is 428 g/mol. The number of halogens is 2. The van der Waals surface area contributed by atoms with Gasteiger partial charge in [-0.05, 0) is 41.8 Å². The molecule has 0 N–H and O–H groups in total. The number of ketones is 1. The second-order valence-corrected chi connectivity index (χ2v) is 7.28. The number of imidazole rings is 1. The molecule has 33 heavy (non-hydrogen) atoms. The van der Waals surface area contributed by atoms with E-state index < -0.39 is 11.8 Å². The minimum Gasteiger partial charge on any atom is -0.422 e. The number of allylic oxidation sites excluding steroid dienone is 1. The molecule has 2 aromatic carbocycles. The summed E-state index contributed by atoms with van der Waals surface area (Å²) in [5.74, 6) is -1.76. The lowest BCUT2D eigenvalue weighted by Gasteiger charge is -2.19. The molecular formula is C25H23F2N3O3. The lowest BCUT2D eigenvalue weighted by Crippen LogP contribution is -2.12. The zero-order chi connectivity index (χ0) is 23.8. The summed E-state index contributed by atoms with van der Waals surface area (Å²) in [5.41, 5.74) is 1.77. The summed E-state index contributed by atoms with van der Waals surface area (Å²) < 4.78 is 33.8. The van der Waals surface area contributed by atoms with Gasteiger partial charge in [0.2, 0.25) is 5.78 Å². The van der Waals surface area contributed by atoms with Crippen molar-refractivity contribution in [1.29, 1.82) is 0 Å².